The summed E-state index contributed by atoms with van der Waals surface area (Å²) < 4.78 is 40.2. The second-order valence-electron chi connectivity index (χ2n) is 3.85. The maximum Gasteiger partial charge on any atom is 0.333 e. The quantitative estimate of drug-likeness (QED) is 0.298. The number of hydrogen-bond acceptors (Lipinski definition) is 5. The van der Waals surface area contributed by atoms with E-state index < -0.39 is 21.5 Å². The fraction of sp³-hybridized carbons (Fsp3) is 0.727. The van der Waals surface area contributed by atoms with Crippen molar-refractivity contribution in [3.05, 3.63) is 12.2 Å². The molecule has 0 aromatic carbocycles. The monoisotopic (exact) mass is 280 g/mol. The molecule has 0 fully saturated rings. The third-order valence-electron chi connectivity index (χ3n) is 2.09. The molecule has 0 aromatic rings. The minimum Gasteiger partial charge on any atom is -0.462 e. The van der Waals surface area contributed by atoms with Gasteiger partial charge in [-0.1, -0.05) is 13.5 Å². The highest BCUT2D eigenvalue weighted by atomic mass is 32.2. The first-order valence-electron chi connectivity index (χ1n) is 5.69. The van der Waals surface area contributed by atoms with Crippen LogP contribution in [0.25, 0.3) is 0 Å². The Kier molecular flexibility index (Phi) is 7.81. The molecule has 18 heavy (non-hydrogen) atoms. The molecule has 0 rings (SSSR count). The van der Waals surface area contributed by atoms with Crippen LogP contribution in [0.3, 0.4) is 0 Å². The van der Waals surface area contributed by atoms with Gasteiger partial charge in [-0.05, 0) is 26.2 Å². The Balaban J connectivity index is 3.69. The summed E-state index contributed by atoms with van der Waals surface area (Å²) in [4.78, 5) is 11.0. The molecule has 0 amide bonds. The molecule has 0 bridgehead atoms. The summed E-state index contributed by atoms with van der Waals surface area (Å²) in [5.74, 6) is -0.444. The second-order valence-corrected chi connectivity index (χ2v) is 5.40. The van der Waals surface area contributed by atoms with Gasteiger partial charge >= 0.3 is 5.97 Å². The van der Waals surface area contributed by atoms with Gasteiger partial charge in [-0.2, -0.15) is 8.42 Å². The van der Waals surface area contributed by atoms with Gasteiger partial charge in [-0.3, -0.25) is 4.55 Å². The molecule has 0 heterocycles. The predicted molar refractivity (Wildman–Crippen MR) is 66.6 cm³/mol. The maximum absolute atomic E-state index is 11.0. The lowest BCUT2D eigenvalue weighted by atomic mass is 10.3. The summed E-state index contributed by atoms with van der Waals surface area (Å²) >= 11 is 0. The number of carbonyl (C=O) groups is 1. The van der Waals surface area contributed by atoms with E-state index in [-0.39, 0.29) is 19.6 Å². The summed E-state index contributed by atoms with van der Waals surface area (Å²) in [6.07, 6.45) is 1.28. The molecule has 7 heteroatoms. The van der Waals surface area contributed by atoms with Gasteiger partial charge in [0.1, 0.15) is 0 Å². The number of hydrogen-bond donors (Lipinski definition) is 1. The molecule has 0 aliphatic carbocycles. The first kappa shape index (κ1) is 17.1. The fourth-order valence-corrected chi connectivity index (χ4v) is 1.81. The minimum absolute atomic E-state index is 0.183. The molecule has 0 saturated heterocycles. The van der Waals surface area contributed by atoms with Crippen LogP contribution >= 0.6 is 0 Å². The Morgan fingerprint density at radius 1 is 1.33 bits per heavy atom. The Morgan fingerprint density at radius 2 is 1.89 bits per heavy atom. The van der Waals surface area contributed by atoms with Crippen molar-refractivity contribution in [2.45, 2.75) is 38.5 Å². The molecule has 0 radical (unpaired) electrons. The highest BCUT2D eigenvalue weighted by molar-refractivity contribution is 7.86. The van der Waals surface area contributed by atoms with E-state index in [4.69, 9.17) is 14.0 Å². The molecule has 0 spiro atoms. The van der Waals surface area contributed by atoms with Crippen molar-refractivity contribution in [1.29, 1.82) is 0 Å². The van der Waals surface area contributed by atoms with E-state index in [0.717, 1.165) is 0 Å². The highest BCUT2D eigenvalue weighted by Crippen LogP contribution is 2.07. The lowest BCUT2D eigenvalue weighted by Gasteiger charge is -2.12. The van der Waals surface area contributed by atoms with Crippen molar-refractivity contribution in [3.8, 4) is 0 Å². The lowest BCUT2D eigenvalue weighted by molar-refractivity contribution is -0.139. The van der Waals surface area contributed by atoms with Crippen LogP contribution in [0.5, 0.6) is 0 Å². The van der Waals surface area contributed by atoms with Crippen molar-refractivity contribution in [3.63, 3.8) is 0 Å². The van der Waals surface area contributed by atoms with Crippen LogP contribution in [0, 0.1) is 0 Å². The molecule has 1 N–H and O–H groups in total. The third kappa shape index (κ3) is 7.41. The normalized spacial score (nSPS) is 13.1. The number of esters is 1. The van der Waals surface area contributed by atoms with E-state index in [9.17, 15) is 13.2 Å². The van der Waals surface area contributed by atoms with Gasteiger partial charge in [0.05, 0.1) is 6.61 Å². The lowest BCUT2D eigenvalue weighted by Crippen LogP contribution is -2.23. The molecule has 0 aliphatic heterocycles. The minimum atomic E-state index is -4.15. The van der Waals surface area contributed by atoms with E-state index in [2.05, 4.69) is 6.58 Å². The molecular weight excluding hydrogens is 260 g/mol. The van der Waals surface area contributed by atoms with Crippen molar-refractivity contribution in [1.82, 2.24) is 0 Å². The van der Waals surface area contributed by atoms with Crippen LogP contribution in [0.1, 0.15) is 33.1 Å². The number of ether oxygens (including phenoxy) is 2. The second kappa shape index (κ2) is 8.23. The van der Waals surface area contributed by atoms with Gasteiger partial charge in [0.25, 0.3) is 10.1 Å². The first-order chi connectivity index (χ1) is 8.29. The molecule has 1 atom stereocenters. The molecular formula is C11H20O6S. The van der Waals surface area contributed by atoms with Gasteiger partial charge < -0.3 is 9.47 Å². The van der Waals surface area contributed by atoms with E-state index >= 15 is 0 Å². The average molecular weight is 280 g/mol. The van der Waals surface area contributed by atoms with Crippen LogP contribution in [0.15, 0.2) is 12.2 Å². The van der Waals surface area contributed by atoms with E-state index in [1.807, 2.05) is 0 Å². The van der Waals surface area contributed by atoms with Gasteiger partial charge in [-0.15, -0.1) is 0 Å². The van der Waals surface area contributed by atoms with Crippen LogP contribution < -0.4 is 0 Å². The van der Waals surface area contributed by atoms with Crippen molar-refractivity contribution in [2.24, 2.45) is 0 Å². The van der Waals surface area contributed by atoms with Crippen LogP contribution in [0.4, 0.5) is 0 Å². The Labute approximate surface area is 108 Å². The molecule has 0 aliphatic rings. The zero-order chi connectivity index (χ0) is 14.2. The molecule has 0 saturated carbocycles. The smallest absolute Gasteiger partial charge is 0.333 e. The molecule has 6 nitrogen and oxygen atoms in total. The van der Waals surface area contributed by atoms with E-state index in [1.165, 1.54) is 0 Å². The van der Waals surface area contributed by atoms with Gasteiger partial charge in [0.15, 0.2) is 5.44 Å². The average Bonchev–Trinajstić information content (AvgIpc) is 2.25. The third-order valence-corrected chi connectivity index (χ3v) is 3.22. The first-order valence-corrected chi connectivity index (χ1v) is 7.20. The van der Waals surface area contributed by atoms with E-state index in [0.29, 0.717) is 18.4 Å². The molecule has 0 aromatic heterocycles. The predicted octanol–water partition coefficient (Wildman–Crippen LogP) is 1.53. The molecule has 1 unspecified atom stereocenters. The van der Waals surface area contributed by atoms with Gasteiger partial charge in [-0.25, -0.2) is 4.79 Å². The Hall–Kier alpha value is -0.920. The topological polar surface area (TPSA) is 89.9 Å². The van der Waals surface area contributed by atoms with Crippen molar-refractivity contribution >= 4 is 16.1 Å². The number of unbranched alkanes of at least 4 members (excludes halogenated alkanes) is 1. The van der Waals surface area contributed by atoms with Gasteiger partial charge in [0.2, 0.25) is 0 Å². The number of carbonyl (C=O) groups excluding carboxylic acids is 1. The fourth-order valence-electron chi connectivity index (χ4n) is 1.12. The van der Waals surface area contributed by atoms with Crippen LogP contribution in [-0.4, -0.2) is 37.6 Å². The zero-order valence-corrected chi connectivity index (χ0v) is 11.5. The number of rotatable bonds is 9. The van der Waals surface area contributed by atoms with Crippen molar-refractivity contribution in [2.75, 3.05) is 13.2 Å². The highest BCUT2D eigenvalue weighted by Gasteiger charge is 2.20. The Bertz CT molecular complexity index is 373. The standard InChI is InChI=1S/C11H20O6S/c1-4-10(18(13,14)15)16-7-5-6-8-17-11(12)9(2)3/h10H,2,4-8H2,1,3H3,(H,13,14,15). The van der Waals surface area contributed by atoms with Gasteiger partial charge in [0, 0.05) is 12.2 Å². The SMILES string of the molecule is C=C(C)C(=O)OCCCCOC(CC)S(=O)(=O)O. The van der Waals surface area contributed by atoms with Crippen molar-refractivity contribution < 1.29 is 27.2 Å². The summed E-state index contributed by atoms with van der Waals surface area (Å²) in [5.41, 5.74) is -0.848. The molecule has 106 valence electrons. The summed E-state index contributed by atoms with van der Waals surface area (Å²) in [6, 6.07) is 0. The Morgan fingerprint density at radius 3 is 2.33 bits per heavy atom. The summed E-state index contributed by atoms with van der Waals surface area (Å²) in [7, 11) is -4.15. The maximum atomic E-state index is 11.0. The van der Waals surface area contributed by atoms with E-state index in [1.54, 1.807) is 13.8 Å². The van der Waals surface area contributed by atoms with Crippen LogP contribution in [-0.2, 0) is 24.4 Å². The largest absolute Gasteiger partial charge is 0.462 e. The van der Waals surface area contributed by atoms with Crippen LogP contribution in [0.2, 0.25) is 0 Å². The summed E-state index contributed by atoms with van der Waals surface area (Å²) in [6.45, 7) is 7.02. The summed E-state index contributed by atoms with van der Waals surface area (Å²) in [5, 5.41) is 0. The zero-order valence-electron chi connectivity index (χ0n) is 10.7.